The molecule has 2 heteroatoms. The van der Waals surface area contributed by atoms with E-state index in [1.54, 1.807) is 0 Å². The first-order valence-electron chi connectivity index (χ1n) is 6.50. The van der Waals surface area contributed by atoms with Gasteiger partial charge in [-0.25, -0.2) is 0 Å². The summed E-state index contributed by atoms with van der Waals surface area (Å²) < 4.78 is 0. The van der Waals surface area contributed by atoms with Crippen LogP contribution in [0, 0.1) is 0 Å². The van der Waals surface area contributed by atoms with Crippen LogP contribution < -0.4 is 10.6 Å². The Morgan fingerprint density at radius 1 is 1.12 bits per heavy atom. The molecule has 1 fully saturated rings. The molecule has 1 aromatic rings. The number of nitrogens with zero attached hydrogens (tertiary/aromatic N) is 1. The highest BCUT2D eigenvalue weighted by atomic mass is 15.2. The van der Waals surface area contributed by atoms with Crippen molar-refractivity contribution in [1.82, 2.24) is 0 Å². The van der Waals surface area contributed by atoms with Gasteiger partial charge in [-0.15, -0.1) is 0 Å². The minimum atomic E-state index is 0.753. The molecule has 1 saturated carbocycles. The smallest absolute Gasteiger partial charge is 0.0634 e. The van der Waals surface area contributed by atoms with Gasteiger partial charge >= 0.3 is 0 Å². The average molecular weight is 216 g/mol. The zero-order valence-corrected chi connectivity index (χ0v) is 9.78. The van der Waals surface area contributed by atoms with E-state index in [-0.39, 0.29) is 0 Å². The Kier molecular flexibility index (Phi) is 2.50. The first-order chi connectivity index (χ1) is 7.86. The molecule has 2 nitrogen and oxygen atoms in total. The fourth-order valence-electron chi connectivity index (χ4n) is 3.30. The second-order valence-electron chi connectivity index (χ2n) is 5.09. The normalized spacial score (nSPS) is 21.1. The van der Waals surface area contributed by atoms with Crippen molar-refractivity contribution >= 4 is 11.4 Å². The lowest BCUT2D eigenvalue weighted by Gasteiger charge is -2.37. The fraction of sp³-hybridized carbons (Fsp3) is 0.571. The molecule has 1 aromatic carbocycles. The van der Waals surface area contributed by atoms with Crippen LogP contribution >= 0.6 is 0 Å². The number of nitrogen functional groups attached to an aromatic ring is 1. The summed E-state index contributed by atoms with van der Waals surface area (Å²) in [6.45, 7) is 1.20. The summed E-state index contributed by atoms with van der Waals surface area (Å²) in [7, 11) is 0. The van der Waals surface area contributed by atoms with E-state index in [9.17, 15) is 0 Å². The third-order valence-corrected chi connectivity index (χ3v) is 4.05. The third kappa shape index (κ3) is 1.57. The van der Waals surface area contributed by atoms with Crippen molar-refractivity contribution < 1.29 is 0 Å². The first-order valence-corrected chi connectivity index (χ1v) is 6.50. The van der Waals surface area contributed by atoms with E-state index in [1.165, 1.54) is 56.3 Å². The molecule has 1 aliphatic carbocycles. The predicted octanol–water partition coefficient (Wildman–Crippen LogP) is 2.96. The van der Waals surface area contributed by atoms with Crippen molar-refractivity contribution in [1.29, 1.82) is 0 Å². The van der Waals surface area contributed by atoms with E-state index in [2.05, 4.69) is 17.0 Å². The van der Waals surface area contributed by atoms with E-state index < -0.39 is 0 Å². The maximum Gasteiger partial charge on any atom is 0.0634 e. The SMILES string of the molecule is Nc1cccc2c1N(C1CCCC1)CCC2. The van der Waals surface area contributed by atoms with Crippen LogP contribution in [0.25, 0.3) is 0 Å². The molecule has 16 heavy (non-hydrogen) atoms. The van der Waals surface area contributed by atoms with Crippen LogP contribution in [0.4, 0.5) is 11.4 Å². The Labute approximate surface area is 97.4 Å². The van der Waals surface area contributed by atoms with Crippen molar-refractivity contribution in [3.05, 3.63) is 23.8 Å². The van der Waals surface area contributed by atoms with Crippen molar-refractivity contribution in [3.63, 3.8) is 0 Å². The summed E-state index contributed by atoms with van der Waals surface area (Å²) in [6.07, 6.45) is 7.98. The van der Waals surface area contributed by atoms with Crippen LogP contribution in [0.5, 0.6) is 0 Å². The summed E-state index contributed by atoms with van der Waals surface area (Å²) >= 11 is 0. The van der Waals surface area contributed by atoms with Gasteiger partial charge in [-0.3, -0.25) is 0 Å². The Morgan fingerprint density at radius 2 is 1.94 bits per heavy atom. The zero-order valence-electron chi connectivity index (χ0n) is 9.78. The van der Waals surface area contributed by atoms with Crippen LogP contribution in [-0.2, 0) is 6.42 Å². The summed E-state index contributed by atoms with van der Waals surface area (Å²) in [5, 5.41) is 0. The topological polar surface area (TPSA) is 29.3 Å². The lowest BCUT2D eigenvalue weighted by Crippen LogP contribution is -2.37. The van der Waals surface area contributed by atoms with Gasteiger partial charge in [0.05, 0.1) is 11.4 Å². The highest BCUT2D eigenvalue weighted by molar-refractivity contribution is 5.73. The van der Waals surface area contributed by atoms with Crippen LogP contribution in [0.15, 0.2) is 18.2 Å². The molecule has 0 spiro atoms. The number of rotatable bonds is 1. The second kappa shape index (κ2) is 4.00. The maximum atomic E-state index is 6.16. The summed E-state index contributed by atoms with van der Waals surface area (Å²) in [4.78, 5) is 2.58. The number of hydrogen-bond donors (Lipinski definition) is 1. The molecule has 0 unspecified atom stereocenters. The summed E-state index contributed by atoms with van der Waals surface area (Å²) in [5.74, 6) is 0. The molecule has 3 rings (SSSR count). The molecule has 86 valence electrons. The molecule has 1 aliphatic heterocycles. The third-order valence-electron chi connectivity index (χ3n) is 4.05. The minimum Gasteiger partial charge on any atom is -0.397 e. The molecule has 0 amide bonds. The van der Waals surface area contributed by atoms with Gasteiger partial charge < -0.3 is 10.6 Å². The summed E-state index contributed by atoms with van der Waals surface area (Å²) in [5.41, 5.74) is 9.94. The Hall–Kier alpha value is -1.18. The highest BCUT2D eigenvalue weighted by Gasteiger charge is 2.27. The molecule has 0 atom stereocenters. The Balaban J connectivity index is 1.98. The molecular weight excluding hydrogens is 196 g/mol. The molecule has 2 N–H and O–H groups in total. The first kappa shape index (κ1) is 10.0. The van der Waals surface area contributed by atoms with E-state index in [0.29, 0.717) is 0 Å². The number of anilines is 2. The van der Waals surface area contributed by atoms with Crippen LogP contribution in [0.3, 0.4) is 0 Å². The molecule has 0 saturated heterocycles. The van der Waals surface area contributed by atoms with Gasteiger partial charge in [-0.2, -0.15) is 0 Å². The molecule has 0 radical (unpaired) electrons. The monoisotopic (exact) mass is 216 g/mol. The number of aryl methyl sites for hydroxylation is 1. The molecular formula is C14H20N2. The number of para-hydroxylation sites is 1. The number of nitrogens with two attached hydrogens (primary N) is 1. The van der Waals surface area contributed by atoms with Crippen molar-refractivity contribution in [3.8, 4) is 0 Å². The maximum absolute atomic E-state index is 6.16. The van der Waals surface area contributed by atoms with Crippen LogP contribution in [0.1, 0.15) is 37.7 Å². The highest BCUT2D eigenvalue weighted by Crippen LogP contribution is 2.37. The Morgan fingerprint density at radius 3 is 2.75 bits per heavy atom. The molecule has 2 aliphatic rings. The minimum absolute atomic E-state index is 0.753. The second-order valence-corrected chi connectivity index (χ2v) is 5.09. The predicted molar refractivity (Wildman–Crippen MR) is 68.8 cm³/mol. The lowest BCUT2D eigenvalue weighted by molar-refractivity contribution is 0.572. The van der Waals surface area contributed by atoms with Gasteiger partial charge in [0.2, 0.25) is 0 Å². The standard InChI is InChI=1S/C14H20N2/c15-13-9-3-5-11-6-4-10-16(14(11)13)12-7-1-2-8-12/h3,5,9,12H,1-2,4,6-8,10,15H2. The van der Waals surface area contributed by atoms with Gasteiger partial charge in [0.1, 0.15) is 0 Å². The molecule has 1 heterocycles. The van der Waals surface area contributed by atoms with Gasteiger partial charge in [0, 0.05) is 12.6 Å². The van der Waals surface area contributed by atoms with Crippen molar-refractivity contribution in [2.75, 3.05) is 17.2 Å². The van der Waals surface area contributed by atoms with E-state index in [1.807, 2.05) is 6.07 Å². The zero-order chi connectivity index (χ0) is 11.0. The number of benzene rings is 1. The number of fused-ring (bicyclic) bond motifs is 1. The fourth-order valence-corrected chi connectivity index (χ4v) is 3.30. The van der Waals surface area contributed by atoms with Gasteiger partial charge in [0.15, 0.2) is 0 Å². The van der Waals surface area contributed by atoms with E-state index in [4.69, 9.17) is 5.73 Å². The van der Waals surface area contributed by atoms with Crippen molar-refractivity contribution in [2.24, 2.45) is 0 Å². The van der Waals surface area contributed by atoms with Crippen molar-refractivity contribution in [2.45, 2.75) is 44.6 Å². The largest absolute Gasteiger partial charge is 0.397 e. The molecule has 0 aromatic heterocycles. The number of hydrogen-bond acceptors (Lipinski definition) is 2. The van der Waals surface area contributed by atoms with Gasteiger partial charge in [-0.1, -0.05) is 25.0 Å². The van der Waals surface area contributed by atoms with E-state index in [0.717, 1.165) is 11.7 Å². The lowest BCUT2D eigenvalue weighted by atomic mass is 9.98. The van der Waals surface area contributed by atoms with Gasteiger partial charge in [-0.05, 0) is 37.3 Å². The Bertz CT molecular complexity index is 380. The van der Waals surface area contributed by atoms with Crippen LogP contribution in [0.2, 0.25) is 0 Å². The van der Waals surface area contributed by atoms with E-state index >= 15 is 0 Å². The van der Waals surface area contributed by atoms with Crippen LogP contribution in [-0.4, -0.2) is 12.6 Å². The average Bonchev–Trinajstić information content (AvgIpc) is 2.82. The summed E-state index contributed by atoms with van der Waals surface area (Å²) in [6, 6.07) is 7.13. The quantitative estimate of drug-likeness (QED) is 0.731. The van der Waals surface area contributed by atoms with Gasteiger partial charge in [0.25, 0.3) is 0 Å². The molecule has 0 bridgehead atoms.